The molecular formula is C16H15FN2O. The molecule has 4 heteroatoms. The molecular weight excluding hydrogens is 255 g/mol. The fraction of sp³-hybridized carbons (Fsp3) is 0.188. The van der Waals surface area contributed by atoms with Crippen molar-refractivity contribution >= 4 is 11.6 Å². The first-order valence-electron chi connectivity index (χ1n) is 6.52. The summed E-state index contributed by atoms with van der Waals surface area (Å²) in [5, 5.41) is 0. The lowest BCUT2D eigenvalue weighted by molar-refractivity contribution is -0.131. The van der Waals surface area contributed by atoms with Gasteiger partial charge in [-0.05, 0) is 34.9 Å². The second-order valence-corrected chi connectivity index (χ2v) is 5.05. The van der Waals surface area contributed by atoms with Gasteiger partial charge in [0.05, 0.1) is 6.42 Å². The maximum Gasteiger partial charge on any atom is 0.227 e. The summed E-state index contributed by atoms with van der Waals surface area (Å²) in [4.78, 5) is 14.0. The van der Waals surface area contributed by atoms with Gasteiger partial charge in [0.25, 0.3) is 0 Å². The second-order valence-electron chi connectivity index (χ2n) is 5.05. The van der Waals surface area contributed by atoms with Gasteiger partial charge in [-0.15, -0.1) is 0 Å². The highest BCUT2D eigenvalue weighted by Gasteiger charge is 2.23. The summed E-state index contributed by atoms with van der Waals surface area (Å²) in [5.74, 6) is -0.397. The van der Waals surface area contributed by atoms with Crippen LogP contribution in [0.4, 0.5) is 10.1 Å². The maximum absolute atomic E-state index is 13.6. The largest absolute Gasteiger partial charge is 0.399 e. The van der Waals surface area contributed by atoms with Gasteiger partial charge < -0.3 is 10.6 Å². The van der Waals surface area contributed by atoms with E-state index in [0.717, 1.165) is 11.1 Å². The van der Waals surface area contributed by atoms with Crippen molar-refractivity contribution in [1.82, 2.24) is 4.90 Å². The first kappa shape index (κ1) is 12.7. The lowest BCUT2D eigenvalue weighted by atomic mass is 10.1. The molecule has 2 N–H and O–H groups in total. The van der Waals surface area contributed by atoms with Gasteiger partial charge in [-0.1, -0.05) is 24.3 Å². The van der Waals surface area contributed by atoms with Crippen molar-refractivity contribution in [2.45, 2.75) is 19.5 Å². The van der Waals surface area contributed by atoms with Crippen molar-refractivity contribution in [1.29, 1.82) is 0 Å². The molecule has 102 valence electrons. The van der Waals surface area contributed by atoms with Crippen molar-refractivity contribution < 1.29 is 9.18 Å². The van der Waals surface area contributed by atoms with Gasteiger partial charge in [-0.3, -0.25) is 4.79 Å². The van der Waals surface area contributed by atoms with E-state index >= 15 is 0 Å². The number of benzene rings is 2. The Bertz CT molecular complexity index is 669. The Morgan fingerprint density at radius 3 is 2.70 bits per heavy atom. The zero-order valence-corrected chi connectivity index (χ0v) is 11.0. The first-order chi connectivity index (χ1) is 9.63. The molecule has 1 aliphatic heterocycles. The van der Waals surface area contributed by atoms with Crippen molar-refractivity contribution in [2.75, 3.05) is 5.73 Å². The quantitative estimate of drug-likeness (QED) is 0.852. The fourth-order valence-corrected chi connectivity index (χ4v) is 2.51. The Labute approximate surface area is 116 Å². The Kier molecular flexibility index (Phi) is 3.14. The normalized spacial score (nSPS) is 13.3. The molecule has 2 aromatic carbocycles. The van der Waals surface area contributed by atoms with Crippen molar-refractivity contribution in [2.24, 2.45) is 0 Å². The number of amides is 1. The number of nitrogen functional groups attached to an aromatic ring is 1. The average Bonchev–Trinajstić information content (AvgIpc) is 2.84. The molecule has 0 atom stereocenters. The summed E-state index contributed by atoms with van der Waals surface area (Å²) in [6.45, 7) is 1.12. The minimum Gasteiger partial charge on any atom is -0.399 e. The van der Waals surface area contributed by atoms with Crippen molar-refractivity contribution in [3.63, 3.8) is 0 Å². The number of carbonyl (C=O) groups excluding carboxylic acids is 1. The summed E-state index contributed by atoms with van der Waals surface area (Å²) in [5.41, 5.74) is 9.07. The van der Waals surface area contributed by atoms with E-state index in [1.165, 1.54) is 6.07 Å². The molecule has 3 rings (SSSR count). The highest BCUT2D eigenvalue weighted by Crippen LogP contribution is 2.25. The number of hydrogen-bond donors (Lipinski definition) is 1. The summed E-state index contributed by atoms with van der Waals surface area (Å²) < 4.78 is 13.6. The van der Waals surface area contributed by atoms with E-state index in [-0.39, 0.29) is 18.1 Å². The molecule has 0 spiro atoms. The third-order valence-electron chi connectivity index (χ3n) is 3.60. The third-order valence-corrected chi connectivity index (χ3v) is 3.60. The molecule has 0 radical (unpaired) electrons. The van der Waals surface area contributed by atoms with Crippen LogP contribution in [0.25, 0.3) is 0 Å². The van der Waals surface area contributed by atoms with Crippen LogP contribution in [0.1, 0.15) is 16.7 Å². The highest BCUT2D eigenvalue weighted by molar-refractivity contribution is 5.79. The summed E-state index contributed by atoms with van der Waals surface area (Å²) in [6.07, 6.45) is 0.0934. The predicted octanol–water partition coefficient (Wildman–Crippen LogP) is 2.49. The topological polar surface area (TPSA) is 46.3 Å². The van der Waals surface area contributed by atoms with E-state index < -0.39 is 0 Å². The monoisotopic (exact) mass is 270 g/mol. The van der Waals surface area contributed by atoms with E-state index in [2.05, 4.69) is 0 Å². The molecule has 0 fully saturated rings. The molecule has 20 heavy (non-hydrogen) atoms. The van der Waals surface area contributed by atoms with Crippen molar-refractivity contribution in [3.8, 4) is 0 Å². The van der Waals surface area contributed by atoms with Gasteiger partial charge in [-0.2, -0.15) is 0 Å². The van der Waals surface area contributed by atoms with E-state index in [4.69, 9.17) is 5.73 Å². The van der Waals surface area contributed by atoms with Crippen LogP contribution in [0.2, 0.25) is 0 Å². The van der Waals surface area contributed by atoms with Gasteiger partial charge in [0.15, 0.2) is 0 Å². The van der Waals surface area contributed by atoms with Crippen LogP contribution in [0.3, 0.4) is 0 Å². The number of nitrogens with zero attached hydrogens (tertiary/aromatic N) is 1. The molecule has 0 aliphatic carbocycles. The van der Waals surface area contributed by atoms with E-state index in [9.17, 15) is 9.18 Å². The lowest BCUT2D eigenvalue weighted by Crippen LogP contribution is -2.27. The Morgan fingerprint density at radius 2 is 1.90 bits per heavy atom. The van der Waals surface area contributed by atoms with Gasteiger partial charge >= 0.3 is 0 Å². The number of carbonyl (C=O) groups is 1. The zero-order chi connectivity index (χ0) is 14.1. The minimum absolute atomic E-state index is 0.0649. The fourth-order valence-electron chi connectivity index (χ4n) is 2.51. The van der Waals surface area contributed by atoms with Crippen LogP contribution in [-0.4, -0.2) is 10.8 Å². The molecule has 3 nitrogen and oxygen atoms in total. The van der Waals surface area contributed by atoms with Gasteiger partial charge in [0, 0.05) is 18.8 Å². The molecule has 0 aromatic heterocycles. The molecule has 0 bridgehead atoms. The Balaban J connectivity index is 1.73. The van der Waals surface area contributed by atoms with Crippen LogP contribution < -0.4 is 5.73 Å². The molecule has 1 aliphatic rings. The SMILES string of the molecule is Nc1ccc2c(c1)CN(C(=O)Cc1ccccc1F)C2. The van der Waals surface area contributed by atoms with Crippen molar-refractivity contribution in [3.05, 3.63) is 65.0 Å². The lowest BCUT2D eigenvalue weighted by Gasteiger charge is -2.15. The standard InChI is InChI=1S/C16H15FN2O/c17-15-4-2-1-3-11(15)8-16(20)19-9-12-5-6-14(18)7-13(12)10-19/h1-7H,8-10,18H2. The van der Waals surface area contributed by atoms with Crippen LogP contribution >= 0.6 is 0 Å². The average molecular weight is 270 g/mol. The molecule has 1 heterocycles. The zero-order valence-electron chi connectivity index (χ0n) is 11.0. The molecule has 1 amide bonds. The van der Waals surface area contributed by atoms with Crippen LogP contribution in [-0.2, 0) is 24.3 Å². The summed E-state index contributed by atoms with van der Waals surface area (Å²) in [6, 6.07) is 12.1. The second kappa shape index (κ2) is 4.96. The van der Waals surface area contributed by atoms with Crippen LogP contribution in [0, 0.1) is 5.82 Å². The number of hydrogen-bond acceptors (Lipinski definition) is 2. The molecule has 0 unspecified atom stereocenters. The van der Waals surface area contributed by atoms with Gasteiger partial charge in [0.1, 0.15) is 5.82 Å². The number of halogens is 1. The van der Waals surface area contributed by atoms with E-state index in [1.807, 2.05) is 18.2 Å². The molecule has 0 saturated heterocycles. The maximum atomic E-state index is 13.6. The predicted molar refractivity (Wildman–Crippen MR) is 75.2 cm³/mol. The number of nitrogens with two attached hydrogens (primary N) is 1. The summed E-state index contributed by atoms with van der Waals surface area (Å²) in [7, 11) is 0. The summed E-state index contributed by atoms with van der Waals surface area (Å²) >= 11 is 0. The van der Waals surface area contributed by atoms with E-state index in [0.29, 0.717) is 24.3 Å². The Morgan fingerprint density at radius 1 is 1.15 bits per heavy atom. The first-order valence-corrected chi connectivity index (χ1v) is 6.52. The van der Waals surface area contributed by atoms with Crippen LogP contribution in [0.15, 0.2) is 42.5 Å². The third kappa shape index (κ3) is 2.37. The smallest absolute Gasteiger partial charge is 0.227 e. The highest BCUT2D eigenvalue weighted by atomic mass is 19.1. The van der Waals surface area contributed by atoms with Gasteiger partial charge in [-0.25, -0.2) is 4.39 Å². The number of rotatable bonds is 2. The number of anilines is 1. The Hall–Kier alpha value is -2.36. The van der Waals surface area contributed by atoms with Gasteiger partial charge in [0.2, 0.25) is 5.91 Å². The minimum atomic E-state index is -0.332. The molecule has 2 aromatic rings. The number of fused-ring (bicyclic) bond motifs is 1. The van der Waals surface area contributed by atoms with Crippen LogP contribution in [0.5, 0.6) is 0 Å². The van der Waals surface area contributed by atoms with E-state index in [1.54, 1.807) is 23.1 Å². The molecule has 0 saturated carbocycles.